The molecule has 1 aromatic heterocycles. The summed E-state index contributed by atoms with van der Waals surface area (Å²) in [6.45, 7) is 6.19. The van der Waals surface area contributed by atoms with Gasteiger partial charge in [-0.3, -0.25) is 4.98 Å². The number of aliphatic hydroxyl groups is 1. The van der Waals surface area contributed by atoms with Crippen LogP contribution in [0.15, 0.2) is 18.3 Å². The Balaban J connectivity index is 2.68. The number of nitrogens with zero attached hydrogens (tertiary/aromatic N) is 1. The minimum absolute atomic E-state index is 0.287. The molecule has 1 aromatic rings. The van der Waals surface area contributed by atoms with Crippen LogP contribution in [0.25, 0.3) is 0 Å². The highest BCUT2D eigenvalue weighted by Gasteiger charge is 2.16. The van der Waals surface area contributed by atoms with Gasteiger partial charge >= 0.3 is 0 Å². The predicted octanol–water partition coefficient (Wildman–Crippen LogP) is 2.86. The van der Waals surface area contributed by atoms with Crippen molar-refractivity contribution in [1.82, 2.24) is 4.98 Å². The third-order valence-corrected chi connectivity index (χ3v) is 2.52. The van der Waals surface area contributed by atoms with Gasteiger partial charge in [0, 0.05) is 6.20 Å². The molecule has 0 radical (unpaired) electrons. The Kier molecular flexibility index (Phi) is 4.08. The number of hydrogen-bond acceptors (Lipinski definition) is 2. The molecule has 2 atom stereocenters. The summed E-state index contributed by atoms with van der Waals surface area (Å²) in [4.78, 5) is 4.23. The largest absolute Gasteiger partial charge is 0.387 e. The van der Waals surface area contributed by atoms with Gasteiger partial charge in [0.1, 0.15) is 0 Å². The molecule has 2 nitrogen and oxygen atoms in total. The Morgan fingerprint density at radius 2 is 2.14 bits per heavy atom. The van der Waals surface area contributed by atoms with Gasteiger partial charge in [-0.2, -0.15) is 0 Å². The molecule has 1 rings (SSSR count). The monoisotopic (exact) mass is 193 g/mol. The Morgan fingerprint density at radius 3 is 2.64 bits per heavy atom. The summed E-state index contributed by atoms with van der Waals surface area (Å²) in [5, 5.41) is 9.95. The lowest BCUT2D eigenvalue weighted by atomic mass is 9.96. The van der Waals surface area contributed by atoms with Crippen LogP contribution in [-0.4, -0.2) is 10.1 Å². The van der Waals surface area contributed by atoms with E-state index in [0.717, 1.165) is 24.1 Å². The van der Waals surface area contributed by atoms with E-state index in [0.29, 0.717) is 0 Å². The molecule has 2 unspecified atom stereocenters. The molecule has 1 heterocycles. The van der Waals surface area contributed by atoms with Crippen LogP contribution in [0.2, 0.25) is 0 Å². The van der Waals surface area contributed by atoms with E-state index < -0.39 is 6.10 Å². The summed E-state index contributed by atoms with van der Waals surface area (Å²) < 4.78 is 0. The first-order valence-electron chi connectivity index (χ1n) is 5.25. The van der Waals surface area contributed by atoms with Crippen LogP contribution in [0.4, 0.5) is 0 Å². The summed E-state index contributed by atoms with van der Waals surface area (Å²) in [7, 11) is 0. The quantitative estimate of drug-likeness (QED) is 0.797. The summed E-state index contributed by atoms with van der Waals surface area (Å²) >= 11 is 0. The molecule has 0 aromatic carbocycles. The fourth-order valence-corrected chi connectivity index (χ4v) is 1.56. The zero-order valence-electron chi connectivity index (χ0n) is 9.20. The molecule has 0 bridgehead atoms. The molecular formula is C12H19NO. The molecule has 14 heavy (non-hydrogen) atoms. The molecule has 2 heteroatoms. The van der Waals surface area contributed by atoms with E-state index >= 15 is 0 Å². The van der Waals surface area contributed by atoms with Gasteiger partial charge < -0.3 is 5.11 Å². The van der Waals surface area contributed by atoms with E-state index in [2.05, 4.69) is 18.8 Å². The maximum Gasteiger partial charge on any atom is 0.0985 e. The highest BCUT2D eigenvalue weighted by molar-refractivity contribution is 5.14. The van der Waals surface area contributed by atoms with Crippen LogP contribution in [0, 0.1) is 12.8 Å². The van der Waals surface area contributed by atoms with Crippen molar-refractivity contribution in [3.8, 4) is 0 Å². The minimum atomic E-state index is -0.421. The molecule has 0 saturated carbocycles. The topological polar surface area (TPSA) is 33.1 Å². The summed E-state index contributed by atoms with van der Waals surface area (Å²) in [6.07, 6.45) is 3.52. The first-order chi connectivity index (χ1) is 6.65. The van der Waals surface area contributed by atoms with Gasteiger partial charge in [-0.1, -0.05) is 26.3 Å². The smallest absolute Gasteiger partial charge is 0.0985 e. The van der Waals surface area contributed by atoms with Crippen LogP contribution < -0.4 is 0 Å². The van der Waals surface area contributed by atoms with Crippen molar-refractivity contribution in [2.45, 2.75) is 39.7 Å². The number of rotatable bonds is 4. The van der Waals surface area contributed by atoms with Crippen molar-refractivity contribution >= 4 is 0 Å². The van der Waals surface area contributed by atoms with E-state index in [9.17, 15) is 5.11 Å². The average Bonchev–Trinajstić information content (AvgIpc) is 2.18. The minimum Gasteiger partial charge on any atom is -0.387 e. The standard InChI is InChI=1S/C12H19NO/c1-4-5-10(3)12(14)11-7-6-9(2)8-13-11/h6-8,10,12,14H,4-5H2,1-3H3. The number of aryl methyl sites for hydroxylation is 1. The number of aliphatic hydroxyl groups excluding tert-OH is 1. The first-order valence-corrected chi connectivity index (χ1v) is 5.25. The molecule has 0 aliphatic rings. The number of pyridine rings is 1. The molecule has 0 saturated heterocycles. The molecule has 78 valence electrons. The van der Waals surface area contributed by atoms with Gasteiger partial charge in [-0.15, -0.1) is 0 Å². The molecule has 1 N–H and O–H groups in total. The van der Waals surface area contributed by atoms with Crippen molar-refractivity contribution in [3.05, 3.63) is 29.6 Å². The predicted molar refractivity (Wildman–Crippen MR) is 58.0 cm³/mol. The lowest BCUT2D eigenvalue weighted by Crippen LogP contribution is -2.10. The van der Waals surface area contributed by atoms with Gasteiger partial charge in [0.2, 0.25) is 0 Å². The van der Waals surface area contributed by atoms with Gasteiger partial charge in [0.25, 0.3) is 0 Å². The fourth-order valence-electron chi connectivity index (χ4n) is 1.56. The SMILES string of the molecule is CCCC(C)C(O)c1ccc(C)cn1. The Labute approximate surface area is 86.0 Å². The molecule has 0 aliphatic heterocycles. The van der Waals surface area contributed by atoms with Gasteiger partial charge in [-0.05, 0) is 30.9 Å². The van der Waals surface area contributed by atoms with Crippen molar-refractivity contribution in [2.75, 3.05) is 0 Å². The van der Waals surface area contributed by atoms with E-state index in [1.165, 1.54) is 0 Å². The van der Waals surface area contributed by atoms with E-state index in [1.807, 2.05) is 19.1 Å². The molecule has 0 amide bonds. The zero-order chi connectivity index (χ0) is 10.6. The van der Waals surface area contributed by atoms with Crippen molar-refractivity contribution in [1.29, 1.82) is 0 Å². The number of hydrogen-bond donors (Lipinski definition) is 1. The highest BCUT2D eigenvalue weighted by atomic mass is 16.3. The van der Waals surface area contributed by atoms with E-state index in [4.69, 9.17) is 0 Å². The van der Waals surface area contributed by atoms with E-state index in [1.54, 1.807) is 6.20 Å². The fraction of sp³-hybridized carbons (Fsp3) is 0.583. The number of aromatic nitrogens is 1. The van der Waals surface area contributed by atoms with Crippen LogP contribution in [-0.2, 0) is 0 Å². The molecule has 0 spiro atoms. The zero-order valence-corrected chi connectivity index (χ0v) is 9.20. The highest BCUT2D eigenvalue weighted by Crippen LogP contribution is 2.23. The summed E-state index contributed by atoms with van der Waals surface area (Å²) in [5.41, 5.74) is 1.92. The summed E-state index contributed by atoms with van der Waals surface area (Å²) in [6, 6.07) is 3.90. The van der Waals surface area contributed by atoms with Gasteiger partial charge in [0.15, 0.2) is 0 Å². The summed E-state index contributed by atoms with van der Waals surface area (Å²) in [5.74, 6) is 0.287. The molecule has 0 aliphatic carbocycles. The third-order valence-electron chi connectivity index (χ3n) is 2.52. The maximum absolute atomic E-state index is 9.95. The van der Waals surface area contributed by atoms with Crippen molar-refractivity contribution in [3.63, 3.8) is 0 Å². The van der Waals surface area contributed by atoms with Crippen molar-refractivity contribution < 1.29 is 5.11 Å². The van der Waals surface area contributed by atoms with E-state index in [-0.39, 0.29) is 5.92 Å². The van der Waals surface area contributed by atoms with Crippen LogP contribution in [0.1, 0.15) is 44.1 Å². The normalized spacial score (nSPS) is 15.1. The Bertz CT molecular complexity index is 268. The van der Waals surface area contributed by atoms with Crippen LogP contribution in [0.3, 0.4) is 0 Å². The van der Waals surface area contributed by atoms with Crippen LogP contribution in [0.5, 0.6) is 0 Å². The molecule has 0 fully saturated rings. The van der Waals surface area contributed by atoms with Gasteiger partial charge in [-0.25, -0.2) is 0 Å². The lowest BCUT2D eigenvalue weighted by Gasteiger charge is -2.17. The van der Waals surface area contributed by atoms with Crippen LogP contribution >= 0.6 is 0 Å². The van der Waals surface area contributed by atoms with Crippen molar-refractivity contribution in [2.24, 2.45) is 5.92 Å². The second kappa shape index (κ2) is 5.11. The molecular weight excluding hydrogens is 174 g/mol. The lowest BCUT2D eigenvalue weighted by molar-refractivity contribution is 0.108. The average molecular weight is 193 g/mol. The second-order valence-corrected chi connectivity index (χ2v) is 3.97. The maximum atomic E-state index is 9.95. The Hall–Kier alpha value is -0.890. The second-order valence-electron chi connectivity index (χ2n) is 3.97. The Morgan fingerprint density at radius 1 is 1.43 bits per heavy atom. The third kappa shape index (κ3) is 2.81. The van der Waals surface area contributed by atoms with Gasteiger partial charge in [0.05, 0.1) is 11.8 Å². The first kappa shape index (κ1) is 11.2.